The molecule has 0 unspecified atom stereocenters. The van der Waals surface area contributed by atoms with Crippen LogP contribution in [-0.4, -0.2) is 14.8 Å². The Morgan fingerprint density at radius 3 is 2.81 bits per heavy atom. The van der Waals surface area contributed by atoms with E-state index in [0.717, 1.165) is 22.2 Å². The summed E-state index contributed by atoms with van der Waals surface area (Å²) in [7, 11) is 0. The van der Waals surface area contributed by atoms with Crippen LogP contribution in [0.15, 0.2) is 65.5 Å². The van der Waals surface area contributed by atoms with Crippen LogP contribution in [0.25, 0.3) is 28.1 Å². The lowest BCUT2D eigenvalue weighted by Crippen LogP contribution is -1.94. The van der Waals surface area contributed by atoms with Gasteiger partial charge in [0.2, 0.25) is 5.88 Å². The fourth-order valence-corrected chi connectivity index (χ4v) is 2.53. The van der Waals surface area contributed by atoms with Crippen molar-refractivity contribution in [2.24, 2.45) is 0 Å². The molecule has 0 fully saturated rings. The number of hydrogen-bond donors (Lipinski definition) is 0. The number of nitrogens with zero attached hydrogens (tertiary/aromatic N) is 3. The minimum atomic E-state index is 0.694. The lowest BCUT2D eigenvalue weighted by molar-refractivity contribution is 0.561. The maximum atomic E-state index is 5.98. The summed E-state index contributed by atoms with van der Waals surface area (Å²) in [6, 6.07) is 14.0. The highest BCUT2D eigenvalue weighted by atomic mass is 16.4. The summed E-state index contributed by atoms with van der Waals surface area (Å²) in [4.78, 5) is 4.48. The normalized spacial score (nSPS) is 11.1. The third kappa shape index (κ3) is 1.92. The van der Waals surface area contributed by atoms with E-state index in [1.54, 1.807) is 17.1 Å². The Labute approximate surface area is 121 Å². The third-order valence-electron chi connectivity index (χ3n) is 3.45. The Morgan fingerprint density at radius 1 is 1.05 bits per heavy atom. The Balaban J connectivity index is 2.08. The second kappa shape index (κ2) is 4.59. The van der Waals surface area contributed by atoms with Crippen LogP contribution in [0.2, 0.25) is 0 Å². The zero-order valence-electron chi connectivity index (χ0n) is 11.5. The molecule has 0 spiro atoms. The SMILES string of the molecule is Cc1cccc(-c2c(-n3cccn3)oc3cccnc23)c1. The number of benzene rings is 1. The Hall–Kier alpha value is -2.88. The van der Waals surface area contributed by atoms with E-state index >= 15 is 0 Å². The molecule has 0 N–H and O–H groups in total. The largest absolute Gasteiger partial charge is 0.436 e. The van der Waals surface area contributed by atoms with Crippen molar-refractivity contribution in [2.45, 2.75) is 6.92 Å². The van der Waals surface area contributed by atoms with Crippen LogP contribution in [0, 0.1) is 6.92 Å². The van der Waals surface area contributed by atoms with Gasteiger partial charge in [-0.25, -0.2) is 4.68 Å². The molecule has 0 aliphatic rings. The molecule has 102 valence electrons. The van der Waals surface area contributed by atoms with Crippen molar-refractivity contribution in [3.05, 3.63) is 66.6 Å². The minimum Gasteiger partial charge on any atom is -0.436 e. The quantitative estimate of drug-likeness (QED) is 0.555. The van der Waals surface area contributed by atoms with Crippen molar-refractivity contribution in [3.8, 4) is 17.0 Å². The van der Waals surface area contributed by atoms with Crippen molar-refractivity contribution >= 4 is 11.1 Å². The second-order valence-corrected chi connectivity index (χ2v) is 4.95. The van der Waals surface area contributed by atoms with E-state index in [9.17, 15) is 0 Å². The van der Waals surface area contributed by atoms with Gasteiger partial charge in [-0.15, -0.1) is 0 Å². The fraction of sp³-hybridized carbons (Fsp3) is 0.0588. The highest BCUT2D eigenvalue weighted by Gasteiger charge is 2.18. The second-order valence-electron chi connectivity index (χ2n) is 4.95. The average molecular weight is 275 g/mol. The van der Waals surface area contributed by atoms with Gasteiger partial charge in [0.1, 0.15) is 5.52 Å². The predicted octanol–water partition coefficient (Wildman–Crippen LogP) is 3.99. The van der Waals surface area contributed by atoms with Crippen LogP contribution in [0.4, 0.5) is 0 Å². The topological polar surface area (TPSA) is 43.9 Å². The molecule has 4 aromatic rings. The number of aromatic nitrogens is 3. The van der Waals surface area contributed by atoms with Gasteiger partial charge in [0, 0.05) is 18.6 Å². The van der Waals surface area contributed by atoms with E-state index in [-0.39, 0.29) is 0 Å². The molecule has 0 aliphatic heterocycles. The molecule has 3 aromatic heterocycles. The molecule has 0 atom stereocenters. The first kappa shape index (κ1) is 11.9. The van der Waals surface area contributed by atoms with Crippen LogP contribution < -0.4 is 0 Å². The van der Waals surface area contributed by atoms with Gasteiger partial charge in [-0.2, -0.15) is 5.10 Å². The highest BCUT2D eigenvalue weighted by Crippen LogP contribution is 2.35. The van der Waals surface area contributed by atoms with Gasteiger partial charge in [-0.1, -0.05) is 29.8 Å². The number of aryl methyl sites for hydroxylation is 1. The summed E-state index contributed by atoms with van der Waals surface area (Å²) in [5, 5.41) is 4.29. The molecular weight excluding hydrogens is 262 g/mol. The van der Waals surface area contributed by atoms with E-state index in [1.807, 2.05) is 30.5 Å². The monoisotopic (exact) mass is 275 g/mol. The van der Waals surface area contributed by atoms with E-state index in [2.05, 4.69) is 35.2 Å². The summed E-state index contributed by atoms with van der Waals surface area (Å²) < 4.78 is 7.71. The highest BCUT2D eigenvalue weighted by molar-refractivity contribution is 5.95. The third-order valence-corrected chi connectivity index (χ3v) is 3.45. The zero-order chi connectivity index (χ0) is 14.2. The molecule has 0 amide bonds. The molecule has 0 saturated heterocycles. The fourth-order valence-electron chi connectivity index (χ4n) is 2.53. The van der Waals surface area contributed by atoms with Gasteiger partial charge in [0.15, 0.2) is 5.58 Å². The summed E-state index contributed by atoms with van der Waals surface area (Å²) in [5.41, 5.74) is 4.87. The molecule has 1 aromatic carbocycles. The molecular formula is C17H13N3O. The Bertz CT molecular complexity index is 907. The predicted molar refractivity (Wildman–Crippen MR) is 81.3 cm³/mol. The van der Waals surface area contributed by atoms with Crippen molar-refractivity contribution in [2.75, 3.05) is 0 Å². The lowest BCUT2D eigenvalue weighted by Gasteiger charge is -2.04. The van der Waals surface area contributed by atoms with Crippen LogP contribution in [0.1, 0.15) is 5.56 Å². The molecule has 4 heteroatoms. The van der Waals surface area contributed by atoms with Crippen LogP contribution in [0.5, 0.6) is 0 Å². The molecule has 3 heterocycles. The first-order valence-electron chi connectivity index (χ1n) is 6.77. The molecule has 4 nitrogen and oxygen atoms in total. The van der Waals surface area contributed by atoms with Crippen molar-refractivity contribution in [1.29, 1.82) is 0 Å². The van der Waals surface area contributed by atoms with Crippen LogP contribution in [-0.2, 0) is 0 Å². The van der Waals surface area contributed by atoms with Gasteiger partial charge < -0.3 is 4.42 Å². The first-order valence-corrected chi connectivity index (χ1v) is 6.77. The van der Waals surface area contributed by atoms with Gasteiger partial charge in [-0.3, -0.25) is 4.98 Å². The number of pyridine rings is 1. The summed E-state index contributed by atoms with van der Waals surface area (Å²) in [5.74, 6) is 0.694. The van der Waals surface area contributed by atoms with E-state index in [1.165, 1.54) is 5.56 Å². The maximum Gasteiger partial charge on any atom is 0.230 e. The van der Waals surface area contributed by atoms with Crippen LogP contribution >= 0.6 is 0 Å². The van der Waals surface area contributed by atoms with Gasteiger partial charge in [-0.05, 0) is 30.7 Å². The zero-order valence-corrected chi connectivity index (χ0v) is 11.5. The lowest BCUT2D eigenvalue weighted by atomic mass is 10.0. The molecule has 4 rings (SSSR count). The van der Waals surface area contributed by atoms with Crippen molar-refractivity contribution in [3.63, 3.8) is 0 Å². The van der Waals surface area contributed by atoms with Gasteiger partial charge in [0.05, 0.1) is 5.56 Å². The molecule has 0 aliphatic carbocycles. The smallest absolute Gasteiger partial charge is 0.230 e. The Kier molecular flexibility index (Phi) is 2.60. The minimum absolute atomic E-state index is 0.694. The molecule has 0 radical (unpaired) electrons. The first-order chi connectivity index (χ1) is 10.3. The number of furan rings is 1. The Morgan fingerprint density at radius 2 is 2.00 bits per heavy atom. The number of hydrogen-bond acceptors (Lipinski definition) is 3. The van der Waals surface area contributed by atoms with E-state index < -0.39 is 0 Å². The van der Waals surface area contributed by atoms with Crippen molar-refractivity contribution in [1.82, 2.24) is 14.8 Å². The summed E-state index contributed by atoms with van der Waals surface area (Å²) >= 11 is 0. The standard InChI is InChI=1S/C17H13N3O/c1-12-5-2-6-13(11-12)15-16-14(7-3-8-18-16)21-17(15)20-10-4-9-19-20/h2-11H,1H3. The summed E-state index contributed by atoms with van der Waals surface area (Å²) in [6.07, 6.45) is 5.39. The van der Waals surface area contributed by atoms with Gasteiger partial charge in [0.25, 0.3) is 0 Å². The molecule has 0 saturated carbocycles. The van der Waals surface area contributed by atoms with E-state index in [0.29, 0.717) is 5.88 Å². The van der Waals surface area contributed by atoms with Crippen LogP contribution in [0.3, 0.4) is 0 Å². The molecule has 21 heavy (non-hydrogen) atoms. The van der Waals surface area contributed by atoms with Gasteiger partial charge >= 0.3 is 0 Å². The summed E-state index contributed by atoms with van der Waals surface area (Å²) in [6.45, 7) is 2.08. The average Bonchev–Trinajstić information content (AvgIpc) is 3.14. The van der Waals surface area contributed by atoms with Crippen molar-refractivity contribution < 1.29 is 4.42 Å². The maximum absolute atomic E-state index is 5.98. The molecule has 0 bridgehead atoms. The van der Waals surface area contributed by atoms with E-state index in [4.69, 9.17) is 4.42 Å². The number of fused-ring (bicyclic) bond motifs is 1. The number of rotatable bonds is 2.